The Balaban J connectivity index is 0.000000164. The van der Waals surface area contributed by atoms with E-state index in [-0.39, 0.29) is 65.6 Å². The van der Waals surface area contributed by atoms with Gasteiger partial charge in [0.1, 0.15) is 46.6 Å². The number of amides is 2. The Labute approximate surface area is 742 Å². The van der Waals surface area contributed by atoms with Crippen LogP contribution in [0.4, 0.5) is 27.2 Å². The quantitative estimate of drug-likeness (QED) is 0.0247. The van der Waals surface area contributed by atoms with Gasteiger partial charge in [0.25, 0.3) is 0 Å². The molecule has 0 bridgehead atoms. The fraction of sp³-hybridized carbons (Fsp3) is 0.323. The maximum absolute atomic E-state index is 13.3. The average Bonchev–Trinajstić information content (AvgIpc) is 1.65. The van der Waals surface area contributed by atoms with E-state index in [4.69, 9.17) is 44.2 Å². The number of ether oxygens (including phenoxy) is 2. The van der Waals surface area contributed by atoms with E-state index in [2.05, 4.69) is 94.8 Å². The first-order valence-electron chi connectivity index (χ1n) is 41.8. The van der Waals surface area contributed by atoms with E-state index < -0.39 is 35.3 Å². The number of hydrogen-bond acceptors (Lipinski definition) is 18. The summed E-state index contributed by atoms with van der Waals surface area (Å²) < 4.78 is 79.6. The first-order valence-corrected chi connectivity index (χ1v) is 41.8. The molecule has 3 aliphatic heterocycles. The van der Waals surface area contributed by atoms with Crippen LogP contribution in [0.5, 0.6) is 0 Å². The molecule has 3 saturated heterocycles. The summed E-state index contributed by atoms with van der Waals surface area (Å²) in [6, 6.07) is 53.7. The van der Waals surface area contributed by atoms with E-state index in [1.165, 1.54) is 66.3 Å². The van der Waals surface area contributed by atoms with E-state index in [0.29, 0.717) is 82.5 Å². The molecule has 3 unspecified atom stereocenters. The number of likely N-dealkylation sites (tertiary alicyclic amines) is 3. The second-order valence-electron chi connectivity index (χ2n) is 32.3. The average molecular weight is 1750 g/mol. The number of oxime groups is 1. The summed E-state index contributed by atoms with van der Waals surface area (Å²) in [5.74, 6) is 24.9. The fourth-order valence-corrected chi connectivity index (χ4v) is 14.2. The van der Waals surface area contributed by atoms with Crippen LogP contribution in [0.2, 0.25) is 0 Å². The molecule has 2 aliphatic carbocycles. The summed E-state index contributed by atoms with van der Waals surface area (Å²) >= 11 is 0. The van der Waals surface area contributed by atoms with Crippen LogP contribution in [0.25, 0.3) is 34.2 Å². The van der Waals surface area contributed by atoms with E-state index in [1.807, 2.05) is 93.6 Å². The molecule has 5 fully saturated rings. The lowest BCUT2D eigenvalue weighted by molar-refractivity contribution is -0.142. The van der Waals surface area contributed by atoms with Gasteiger partial charge in [-0.25, -0.2) is 31.9 Å². The molecule has 0 spiro atoms. The molecule has 3 atom stereocenters. The molecule has 8 aromatic carbocycles. The summed E-state index contributed by atoms with van der Waals surface area (Å²) in [6.45, 7) is 16.1. The van der Waals surface area contributed by atoms with Crippen LogP contribution >= 0.6 is 12.4 Å². The molecule has 6 heterocycles. The van der Waals surface area contributed by atoms with E-state index in [0.717, 1.165) is 129 Å². The number of carbonyl (C=O) groups excluding carboxylic acids is 2. The standard InChI is InChI=1S/C25H24FN3O3.C22H20FN3O.C21H17FN2O.C15H11FN2O.C10H17NO4.C6H10O2.ClH/c1-25(2,3)31-24(30)29-15-5-8-21(29)23-27-22(28-32-23)19-13-11-17(12-14-19)9-10-18-6-4-7-20(26)16-18;1-2-26-14-4-7-20(26)22-24-21(25-27-22)18-12-10-16(11-13-18)8-9-17-5-3-6-19(23)15-17;22-19-7-3-4-16(14-19)9-8-15-10-12-17(13-11-15)20-23-21(25-24-20)18-5-1-2-6-18;16-14-3-1-2-12(10-14)5-4-11-6-8-13(9-7-11)15(17)18-19;1-10(2,3)15-9(14)11-6-4-5-7(11)8(12)13;7-6(8)5-3-1-2-4-5;/h4,6-7,11-14,16,21H,5,8,15H2,1-3H3;3,5-6,10-13,15,20H,2,4,7,14H2,1H3;3-4,7,10-14,18H,1-2,5-6H2;1-3,6-10,19H,(H2,17,18);7H,4-6H2,1-3H3,(H,12,13);5H,1-4H2,(H,7,8);1H. The van der Waals surface area contributed by atoms with Crippen molar-refractivity contribution in [2.75, 3.05) is 26.2 Å². The van der Waals surface area contributed by atoms with Crippen molar-refractivity contribution in [3.8, 4) is 81.5 Å². The van der Waals surface area contributed by atoms with Gasteiger partial charge in [-0.3, -0.25) is 19.5 Å². The van der Waals surface area contributed by atoms with Gasteiger partial charge >= 0.3 is 24.1 Å². The number of aromatic nitrogens is 6. The van der Waals surface area contributed by atoms with E-state index in [1.54, 1.807) is 98.5 Å². The topological polar surface area (TPSA) is 312 Å². The molecule has 5 aliphatic rings. The normalized spacial score (nSPS) is 15.9. The summed E-state index contributed by atoms with van der Waals surface area (Å²) in [5, 5.41) is 41.1. The highest BCUT2D eigenvalue weighted by Crippen LogP contribution is 2.37. The highest BCUT2D eigenvalue weighted by molar-refractivity contribution is 5.97. The number of nitrogens with zero attached hydrogens (tertiary/aromatic N) is 10. The second kappa shape index (κ2) is 46.2. The van der Waals surface area contributed by atoms with Crippen molar-refractivity contribution in [2.45, 2.75) is 174 Å². The van der Waals surface area contributed by atoms with Crippen molar-refractivity contribution >= 4 is 42.4 Å². The number of hydrogen-bond donors (Lipinski definition) is 4. The SMILES string of the molecule is CC(C)(C)OC(=O)N1CCCC1C(=O)O.CC(C)(C)OC(=O)N1CCCC1c1nc(-c2ccc(C#Cc3cccc(F)c3)cc2)no1.CCN1CCCC1c1nc(-c2ccc(C#Cc3cccc(F)c3)cc2)no1.Cl.Fc1cccc(C#Cc2ccc(-c3noc(C4CCCC4)n3)cc2)c1.N/C(=N\O)c1ccc(C#Cc2cccc(F)c2)cc1.O=C(O)C1CCCC1. The monoisotopic (exact) mass is 1750 g/mol. The molecule has 5 N–H and O–H groups in total. The minimum absolute atomic E-state index is 0. The third-order valence-electron chi connectivity index (χ3n) is 20.5. The van der Waals surface area contributed by atoms with Gasteiger partial charge in [0, 0.05) is 85.8 Å². The van der Waals surface area contributed by atoms with Crippen LogP contribution in [0, 0.1) is 76.6 Å². The predicted molar refractivity (Wildman–Crippen MR) is 473 cm³/mol. The number of carbonyl (C=O) groups is 4. The maximum Gasteiger partial charge on any atom is 0.411 e. The Morgan fingerprint density at radius 1 is 0.433 bits per heavy atom. The lowest BCUT2D eigenvalue weighted by Crippen LogP contribution is -2.43. The van der Waals surface area contributed by atoms with Gasteiger partial charge in [-0.15, -0.1) is 12.4 Å². The molecule has 11 aromatic rings. The molecular weight excluding hydrogens is 1650 g/mol. The Morgan fingerprint density at radius 3 is 1.14 bits per heavy atom. The lowest BCUT2D eigenvalue weighted by Gasteiger charge is -2.26. The van der Waals surface area contributed by atoms with Gasteiger partial charge in [0.15, 0.2) is 5.84 Å². The number of carboxylic acid groups (broad SMARTS) is 2. The van der Waals surface area contributed by atoms with Crippen molar-refractivity contribution < 1.29 is 75.2 Å². The molecule has 28 heteroatoms. The number of amidine groups is 1. The molecule has 127 heavy (non-hydrogen) atoms. The molecule has 0 radical (unpaired) electrons. The summed E-state index contributed by atoms with van der Waals surface area (Å²) in [5.41, 5.74) is 13.3. The molecule has 16 rings (SSSR count). The number of nitrogens with two attached hydrogens (primary N) is 1. The highest BCUT2D eigenvalue weighted by atomic mass is 35.5. The number of halogens is 5. The van der Waals surface area contributed by atoms with Crippen LogP contribution in [-0.2, 0) is 19.1 Å². The zero-order valence-electron chi connectivity index (χ0n) is 71.6. The Morgan fingerprint density at radius 2 is 0.772 bits per heavy atom. The summed E-state index contributed by atoms with van der Waals surface area (Å²) in [6.07, 6.45) is 12.9. The Bertz CT molecular complexity index is 5810. The van der Waals surface area contributed by atoms with Crippen LogP contribution in [0.1, 0.15) is 224 Å². The molecular formula is C99H100ClF4N11O12. The maximum atomic E-state index is 13.3. The van der Waals surface area contributed by atoms with Gasteiger partial charge in [0.05, 0.1) is 12.0 Å². The molecule has 2 saturated carbocycles. The van der Waals surface area contributed by atoms with Crippen molar-refractivity contribution in [2.24, 2.45) is 16.8 Å². The Hall–Kier alpha value is -13.9. The zero-order chi connectivity index (χ0) is 89.7. The number of carboxylic acids is 2. The molecule has 23 nitrogen and oxygen atoms in total. The van der Waals surface area contributed by atoms with Crippen LogP contribution < -0.4 is 5.73 Å². The first-order chi connectivity index (χ1) is 60.6. The van der Waals surface area contributed by atoms with Gasteiger partial charge in [0.2, 0.25) is 35.1 Å². The van der Waals surface area contributed by atoms with Crippen molar-refractivity contribution in [3.63, 3.8) is 0 Å². The van der Waals surface area contributed by atoms with Crippen LogP contribution in [0.15, 0.2) is 213 Å². The minimum atomic E-state index is -0.960. The fourth-order valence-electron chi connectivity index (χ4n) is 14.2. The number of rotatable bonds is 10. The zero-order valence-corrected chi connectivity index (χ0v) is 72.4. The van der Waals surface area contributed by atoms with Crippen LogP contribution in [-0.4, -0.2) is 134 Å². The summed E-state index contributed by atoms with van der Waals surface area (Å²) in [4.78, 5) is 64.1. The largest absolute Gasteiger partial charge is 0.481 e. The first kappa shape index (κ1) is 95.4. The number of aliphatic carboxylic acids is 2. The van der Waals surface area contributed by atoms with Crippen LogP contribution in [0.3, 0.4) is 0 Å². The van der Waals surface area contributed by atoms with Crippen molar-refractivity contribution in [3.05, 3.63) is 285 Å². The van der Waals surface area contributed by atoms with Gasteiger partial charge in [-0.05, 0) is 289 Å². The third-order valence-corrected chi connectivity index (χ3v) is 20.5. The third kappa shape index (κ3) is 29.4. The predicted octanol–water partition coefficient (Wildman–Crippen LogP) is 20.2. The smallest absolute Gasteiger partial charge is 0.411 e. The second-order valence-corrected chi connectivity index (χ2v) is 32.3. The lowest BCUT2D eigenvalue weighted by atomic mass is 10.1. The minimum Gasteiger partial charge on any atom is -0.481 e. The molecule has 2 amide bonds. The van der Waals surface area contributed by atoms with E-state index >= 15 is 0 Å². The van der Waals surface area contributed by atoms with Gasteiger partial charge in [-0.1, -0.05) is 125 Å². The Kier molecular flexibility index (Phi) is 34.7. The van der Waals surface area contributed by atoms with Gasteiger partial charge in [-0.2, -0.15) is 15.0 Å². The molecule has 658 valence electrons. The van der Waals surface area contributed by atoms with Crippen molar-refractivity contribution in [1.29, 1.82) is 0 Å². The molecule has 3 aromatic heterocycles. The van der Waals surface area contributed by atoms with E-state index in [9.17, 15) is 36.7 Å². The van der Waals surface area contributed by atoms with Crippen molar-refractivity contribution in [1.82, 2.24) is 45.1 Å². The number of benzene rings is 8. The highest BCUT2D eigenvalue weighted by Gasteiger charge is 2.39. The van der Waals surface area contributed by atoms with Gasteiger partial charge < -0.3 is 44.2 Å². The summed E-state index contributed by atoms with van der Waals surface area (Å²) in [7, 11) is 0.